The van der Waals surface area contributed by atoms with Crippen molar-refractivity contribution in [3.8, 4) is 0 Å². The van der Waals surface area contributed by atoms with Crippen LogP contribution in [0.15, 0.2) is 58.2 Å². The van der Waals surface area contributed by atoms with Gasteiger partial charge in [0.2, 0.25) is 0 Å². The van der Waals surface area contributed by atoms with Crippen LogP contribution < -0.4 is 16.0 Å². The van der Waals surface area contributed by atoms with E-state index in [4.69, 9.17) is 0 Å². The van der Waals surface area contributed by atoms with Crippen LogP contribution in [0.5, 0.6) is 0 Å². The molecule has 152 valence electrons. The Balaban J connectivity index is 1.56. The summed E-state index contributed by atoms with van der Waals surface area (Å²) in [6, 6.07) is 5.61. The number of ketones is 1. The maximum absolute atomic E-state index is 14.9. The van der Waals surface area contributed by atoms with Gasteiger partial charge in [-0.2, -0.15) is 0 Å². The van der Waals surface area contributed by atoms with Crippen molar-refractivity contribution in [3.63, 3.8) is 0 Å². The molecule has 2 aromatic carbocycles. The van der Waals surface area contributed by atoms with Crippen molar-refractivity contribution in [2.24, 2.45) is 15.9 Å². The number of aliphatic imine (C=N–C) groups is 2. The zero-order valence-electron chi connectivity index (χ0n) is 15.2. The number of halogens is 3. The molecule has 0 radical (unpaired) electrons. The standard InChI is InChI=1S/C20H14F3N5O2/c21-10-2-1-3-12(4-10)27-20(30)28-16-6-11(22)5-13(17(16)23)18(29)14-8-25-19-15(14)7-24-9-26-19/h1-9,15,19,25H,(H2,27,28,30). The van der Waals surface area contributed by atoms with Crippen LogP contribution in [0.2, 0.25) is 0 Å². The minimum atomic E-state index is -1.10. The van der Waals surface area contributed by atoms with E-state index in [1.165, 1.54) is 37.0 Å². The lowest BCUT2D eigenvalue weighted by Gasteiger charge is -2.17. The minimum Gasteiger partial charge on any atom is -0.369 e. The predicted octanol–water partition coefficient (Wildman–Crippen LogP) is 3.47. The number of amides is 2. The van der Waals surface area contributed by atoms with Gasteiger partial charge in [-0.1, -0.05) is 6.07 Å². The van der Waals surface area contributed by atoms with Crippen molar-refractivity contribution in [1.29, 1.82) is 0 Å². The van der Waals surface area contributed by atoms with Crippen LogP contribution in [0.3, 0.4) is 0 Å². The molecule has 0 spiro atoms. The number of benzene rings is 2. The summed E-state index contributed by atoms with van der Waals surface area (Å²) in [5.74, 6) is -3.87. The molecule has 3 N–H and O–H groups in total. The molecule has 0 saturated carbocycles. The van der Waals surface area contributed by atoms with Crippen molar-refractivity contribution in [1.82, 2.24) is 5.32 Å². The lowest BCUT2D eigenvalue weighted by Crippen LogP contribution is -2.30. The fourth-order valence-corrected chi connectivity index (χ4v) is 3.15. The van der Waals surface area contributed by atoms with Crippen LogP contribution in [0.25, 0.3) is 0 Å². The largest absolute Gasteiger partial charge is 0.369 e. The number of nitrogens with zero attached hydrogens (tertiary/aromatic N) is 2. The molecule has 2 heterocycles. The van der Waals surface area contributed by atoms with E-state index in [1.54, 1.807) is 0 Å². The maximum atomic E-state index is 14.9. The smallest absolute Gasteiger partial charge is 0.323 e. The van der Waals surface area contributed by atoms with Crippen molar-refractivity contribution < 1.29 is 22.8 Å². The Morgan fingerprint density at radius 2 is 1.87 bits per heavy atom. The third kappa shape index (κ3) is 3.79. The molecule has 4 rings (SSSR count). The molecule has 2 aliphatic rings. The van der Waals surface area contributed by atoms with Gasteiger partial charge in [0.05, 0.1) is 17.2 Å². The first-order valence-electron chi connectivity index (χ1n) is 8.81. The van der Waals surface area contributed by atoms with Gasteiger partial charge >= 0.3 is 6.03 Å². The number of carbonyl (C=O) groups excluding carboxylic acids is 2. The SMILES string of the molecule is O=C(Nc1cccc(F)c1)Nc1cc(F)cc(C(=O)C2=CNC3N=CN=CC23)c1F. The highest BCUT2D eigenvalue weighted by atomic mass is 19.1. The Labute approximate surface area is 168 Å². The average molecular weight is 413 g/mol. The molecule has 2 atom stereocenters. The van der Waals surface area contributed by atoms with Crippen LogP contribution in [-0.4, -0.2) is 30.5 Å². The number of anilines is 2. The number of hydrogen-bond acceptors (Lipinski definition) is 5. The van der Waals surface area contributed by atoms with Crippen molar-refractivity contribution >= 4 is 35.7 Å². The third-order valence-corrected chi connectivity index (χ3v) is 4.52. The maximum Gasteiger partial charge on any atom is 0.323 e. The van der Waals surface area contributed by atoms with Crippen molar-refractivity contribution in [2.75, 3.05) is 10.6 Å². The topological polar surface area (TPSA) is 95.0 Å². The second-order valence-electron chi connectivity index (χ2n) is 6.53. The molecular formula is C20H14F3N5O2. The molecule has 2 aliphatic heterocycles. The third-order valence-electron chi connectivity index (χ3n) is 4.52. The van der Waals surface area contributed by atoms with Gasteiger partial charge in [-0.15, -0.1) is 0 Å². The van der Waals surface area contributed by atoms with Gasteiger partial charge in [0, 0.05) is 29.7 Å². The fourth-order valence-electron chi connectivity index (χ4n) is 3.15. The molecular weight excluding hydrogens is 399 g/mol. The first-order valence-corrected chi connectivity index (χ1v) is 8.81. The van der Waals surface area contributed by atoms with Crippen LogP contribution >= 0.6 is 0 Å². The normalized spacial score (nSPS) is 19.0. The number of Topliss-reactive ketones (excluding diaryl/α,β-unsaturated/α-hetero) is 1. The summed E-state index contributed by atoms with van der Waals surface area (Å²) in [5.41, 5.74) is -0.801. The second-order valence-corrected chi connectivity index (χ2v) is 6.53. The number of nitrogens with one attached hydrogen (secondary N) is 3. The quantitative estimate of drug-likeness (QED) is 0.670. The number of urea groups is 1. The van der Waals surface area contributed by atoms with Gasteiger partial charge in [0.25, 0.3) is 0 Å². The van der Waals surface area contributed by atoms with Gasteiger partial charge in [-0.25, -0.2) is 28.0 Å². The molecule has 2 aromatic rings. The molecule has 0 aromatic heterocycles. The molecule has 0 aliphatic carbocycles. The summed E-state index contributed by atoms with van der Waals surface area (Å²) >= 11 is 0. The van der Waals surface area contributed by atoms with Gasteiger partial charge < -0.3 is 16.0 Å². The number of fused-ring (bicyclic) bond motifs is 1. The van der Waals surface area contributed by atoms with Gasteiger partial charge in [0.15, 0.2) is 11.6 Å². The first-order chi connectivity index (χ1) is 14.4. The Morgan fingerprint density at radius 3 is 2.67 bits per heavy atom. The van der Waals surface area contributed by atoms with Crippen LogP contribution in [-0.2, 0) is 0 Å². The molecule has 0 fully saturated rings. The summed E-state index contributed by atoms with van der Waals surface area (Å²) in [7, 11) is 0. The predicted molar refractivity (Wildman–Crippen MR) is 105 cm³/mol. The van der Waals surface area contributed by atoms with E-state index in [9.17, 15) is 22.8 Å². The Morgan fingerprint density at radius 1 is 1.03 bits per heavy atom. The molecule has 10 heteroatoms. The zero-order valence-corrected chi connectivity index (χ0v) is 15.2. The molecule has 30 heavy (non-hydrogen) atoms. The number of hydrogen-bond donors (Lipinski definition) is 3. The van der Waals surface area contributed by atoms with Gasteiger partial charge in [0.1, 0.15) is 24.1 Å². The number of rotatable bonds is 4. The summed E-state index contributed by atoms with van der Waals surface area (Å²) in [5, 5.41) is 7.31. The molecule has 7 nitrogen and oxygen atoms in total. The van der Waals surface area contributed by atoms with Crippen LogP contribution in [0.4, 0.5) is 29.3 Å². The second kappa shape index (κ2) is 7.82. The van der Waals surface area contributed by atoms with Crippen molar-refractivity contribution in [3.05, 3.63) is 71.2 Å². The van der Waals surface area contributed by atoms with E-state index in [0.717, 1.165) is 18.2 Å². The summed E-state index contributed by atoms with van der Waals surface area (Å²) in [6.07, 6.45) is 3.77. The van der Waals surface area contributed by atoms with Crippen molar-refractivity contribution in [2.45, 2.75) is 6.17 Å². The summed E-state index contributed by atoms with van der Waals surface area (Å²) in [6.45, 7) is 0. The van der Waals surface area contributed by atoms with E-state index in [1.807, 2.05) is 0 Å². The highest BCUT2D eigenvalue weighted by molar-refractivity contribution is 6.12. The molecule has 2 amide bonds. The lowest BCUT2D eigenvalue weighted by atomic mass is 9.92. The summed E-state index contributed by atoms with van der Waals surface area (Å²) in [4.78, 5) is 32.9. The van der Waals surface area contributed by atoms with E-state index in [0.29, 0.717) is 0 Å². The lowest BCUT2D eigenvalue weighted by molar-refractivity contribution is 0.102. The highest BCUT2D eigenvalue weighted by Crippen LogP contribution is 2.29. The van der Waals surface area contributed by atoms with Gasteiger partial charge in [-0.05, 0) is 24.3 Å². The Kier molecular flexibility index (Phi) is 5.05. The Bertz CT molecular complexity index is 1130. The fraction of sp³-hybridized carbons (Fsp3) is 0.100. The van der Waals surface area contributed by atoms with E-state index in [2.05, 4.69) is 25.9 Å². The van der Waals surface area contributed by atoms with E-state index in [-0.39, 0.29) is 11.3 Å². The minimum absolute atomic E-state index is 0.117. The van der Waals surface area contributed by atoms with E-state index >= 15 is 0 Å². The zero-order chi connectivity index (χ0) is 21.3. The monoisotopic (exact) mass is 413 g/mol. The van der Waals surface area contributed by atoms with E-state index < -0.39 is 52.6 Å². The first kappa shape index (κ1) is 19.4. The summed E-state index contributed by atoms with van der Waals surface area (Å²) < 4.78 is 42.3. The molecule has 0 saturated heterocycles. The number of carbonyl (C=O) groups is 2. The highest BCUT2D eigenvalue weighted by Gasteiger charge is 2.35. The molecule has 2 unspecified atom stereocenters. The van der Waals surface area contributed by atoms with Crippen LogP contribution in [0, 0.1) is 23.4 Å². The molecule has 0 bridgehead atoms. The van der Waals surface area contributed by atoms with Gasteiger partial charge in [-0.3, -0.25) is 4.79 Å². The van der Waals surface area contributed by atoms with Crippen LogP contribution in [0.1, 0.15) is 10.4 Å². The average Bonchev–Trinajstić information content (AvgIpc) is 3.14. The Hall–Kier alpha value is -3.95.